The number of azo groups is 1. The lowest BCUT2D eigenvalue weighted by atomic mass is 10.3. The first-order valence-corrected chi connectivity index (χ1v) is 9.36. The van der Waals surface area contributed by atoms with Crippen molar-refractivity contribution in [1.29, 1.82) is 0 Å². The summed E-state index contributed by atoms with van der Waals surface area (Å²) in [5, 5.41) is 13.4. The van der Waals surface area contributed by atoms with E-state index < -0.39 is 0 Å². The number of nitrogens with zero attached hydrogens (tertiary/aromatic N) is 4. The largest absolute Gasteiger partial charge is 0.325 e. The van der Waals surface area contributed by atoms with Crippen LogP contribution in [0.4, 0.5) is 17.1 Å². The second kappa shape index (κ2) is 7.93. The lowest BCUT2D eigenvalue weighted by molar-refractivity contribution is -0.116. The van der Waals surface area contributed by atoms with Gasteiger partial charge >= 0.3 is 0 Å². The third-order valence-electron chi connectivity index (χ3n) is 3.95. The average molecular weight is 389 g/mol. The maximum atomic E-state index is 12.3. The molecular formula is C20H15N5O2S. The summed E-state index contributed by atoms with van der Waals surface area (Å²) in [6.07, 6.45) is 1.40. The quantitative estimate of drug-likeness (QED) is 0.509. The Morgan fingerprint density at radius 2 is 1.71 bits per heavy atom. The number of amides is 1. The van der Waals surface area contributed by atoms with E-state index in [1.807, 2.05) is 30.3 Å². The molecule has 0 fully saturated rings. The highest BCUT2D eigenvalue weighted by molar-refractivity contribution is 7.16. The number of benzene rings is 2. The van der Waals surface area contributed by atoms with Crippen LogP contribution < -0.4 is 10.9 Å². The molecule has 0 aliphatic carbocycles. The van der Waals surface area contributed by atoms with Crippen molar-refractivity contribution in [3.8, 4) is 0 Å². The van der Waals surface area contributed by atoms with E-state index in [9.17, 15) is 9.59 Å². The predicted octanol–water partition coefficient (Wildman–Crippen LogP) is 4.51. The van der Waals surface area contributed by atoms with Crippen LogP contribution in [0.1, 0.15) is 0 Å². The molecule has 0 spiro atoms. The summed E-state index contributed by atoms with van der Waals surface area (Å²) in [6, 6.07) is 18.1. The van der Waals surface area contributed by atoms with Crippen LogP contribution in [0, 0.1) is 0 Å². The van der Waals surface area contributed by atoms with E-state index in [2.05, 4.69) is 20.5 Å². The molecule has 2 heterocycles. The van der Waals surface area contributed by atoms with Crippen molar-refractivity contribution < 1.29 is 4.79 Å². The highest BCUT2D eigenvalue weighted by Crippen LogP contribution is 2.20. The maximum Gasteiger partial charge on any atom is 0.262 e. The van der Waals surface area contributed by atoms with Gasteiger partial charge < -0.3 is 5.32 Å². The molecule has 138 valence electrons. The van der Waals surface area contributed by atoms with E-state index in [0.717, 1.165) is 5.69 Å². The minimum absolute atomic E-state index is 0.104. The van der Waals surface area contributed by atoms with Crippen molar-refractivity contribution in [2.45, 2.75) is 6.54 Å². The van der Waals surface area contributed by atoms with E-state index in [1.54, 1.807) is 35.7 Å². The summed E-state index contributed by atoms with van der Waals surface area (Å²) >= 11 is 1.39. The molecule has 0 saturated heterocycles. The summed E-state index contributed by atoms with van der Waals surface area (Å²) in [5.41, 5.74) is 1.83. The predicted molar refractivity (Wildman–Crippen MR) is 110 cm³/mol. The van der Waals surface area contributed by atoms with Crippen molar-refractivity contribution in [3.05, 3.63) is 82.7 Å². The fraction of sp³-hybridized carbons (Fsp3) is 0.0500. The van der Waals surface area contributed by atoms with E-state index in [-0.39, 0.29) is 18.0 Å². The van der Waals surface area contributed by atoms with Gasteiger partial charge in [0.05, 0.1) is 23.1 Å². The first-order valence-electron chi connectivity index (χ1n) is 8.48. The monoisotopic (exact) mass is 389 g/mol. The van der Waals surface area contributed by atoms with Crippen LogP contribution in [0.15, 0.2) is 87.4 Å². The molecule has 8 heteroatoms. The van der Waals surface area contributed by atoms with Crippen molar-refractivity contribution in [2.75, 3.05) is 5.32 Å². The summed E-state index contributed by atoms with van der Waals surface area (Å²) < 4.78 is 1.30. The van der Waals surface area contributed by atoms with Crippen molar-refractivity contribution >= 4 is 44.5 Å². The van der Waals surface area contributed by atoms with Gasteiger partial charge in [0.25, 0.3) is 5.56 Å². The number of hydrogen-bond acceptors (Lipinski definition) is 6. The first kappa shape index (κ1) is 17.7. The molecule has 28 heavy (non-hydrogen) atoms. The topological polar surface area (TPSA) is 88.7 Å². The highest BCUT2D eigenvalue weighted by atomic mass is 32.1. The minimum atomic E-state index is -0.308. The molecule has 0 bridgehead atoms. The van der Waals surface area contributed by atoms with Crippen molar-refractivity contribution in [1.82, 2.24) is 9.55 Å². The SMILES string of the molecule is O=C(Cn1cnc2sccc2c1=O)Nc1ccc(N=Nc2ccccc2)cc1. The van der Waals surface area contributed by atoms with E-state index in [0.29, 0.717) is 21.6 Å². The van der Waals surface area contributed by atoms with E-state index in [4.69, 9.17) is 0 Å². The van der Waals surface area contributed by atoms with Crippen LogP contribution in [0.3, 0.4) is 0 Å². The van der Waals surface area contributed by atoms with Gasteiger partial charge in [0.1, 0.15) is 11.4 Å². The minimum Gasteiger partial charge on any atom is -0.325 e. The standard InChI is InChI=1S/C20H15N5O2S/c26-18(12-25-13-21-19-17(20(25)27)10-11-28-19)22-14-6-8-16(9-7-14)24-23-15-4-2-1-3-5-15/h1-11,13H,12H2,(H,22,26). The summed E-state index contributed by atoms with van der Waals surface area (Å²) in [7, 11) is 0. The normalized spacial score (nSPS) is 11.1. The number of fused-ring (bicyclic) bond motifs is 1. The Bertz CT molecular complexity index is 1200. The van der Waals surface area contributed by atoms with Crippen LogP contribution in [0.25, 0.3) is 10.2 Å². The van der Waals surface area contributed by atoms with Gasteiger partial charge in [0, 0.05) is 5.69 Å². The Morgan fingerprint density at radius 3 is 2.46 bits per heavy atom. The number of nitrogens with one attached hydrogen (secondary N) is 1. The Kier molecular flexibility index (Phi) is 5.03. The molecule has 0 aliphatic heterocycles. The zero-order valence-electron chi connectivity index (χ0n) is 14.6. The van der Waals surface area contributed by atoms with Gasteiger partial charge in [-0.3, -0.25) is 14.2 Å². The third-order valence-corrected chi connectivity index (χ3v) is 4.77. The smallest absolute Gasteiger partial charge is 0.262 e. The van der Waals surface area contributed by atoms with Crippen molar-refractivity contribution in [2.24, 2.45) is 10.2 Å². The summed E-state index contributed by atoms with van der Waals surface area (Å²) in [5.74, 6) is -0.308. The highest BCUT2D eigenvalue weighted by Gasteiger charge is 2.09. The molecule has 2 aromatic carbocycles. The Hall–Kier alpha value is -3.65. The molecule has 0 radical (unpaired) electrons. The number of thiophene rings is 1. The molecule has 0 saturated carbocycles. The molecule has 1 amide bonds. The second-order valence-corrected chi connectivity index (χ2v) is 6.84. The van der Waals surface area contributed by atoms with Gasteiger partial charge in [0.2, 0.25) is 5.91 Å². The van der Waals surface area contributed by atoms with Gasteiger partial charge in [-0.1, -0.05) is 18.2 Å². The molecule has 1 N–H and O–H groups in total. The Labute approximate surface area is 164 Å². The molecule has 4 aromatic rings. The fourth-order valence-electron chi connectivity index (χ4n) is 2.58. The molecular weight excluding hydrogens is 374 g/mol. The first-order chi connectivity index (χ1) is 13.7. The van der Waals surface area contributed by atoms with Crippen LogP contribution >= 0.6 is 11.3 Å². The van der Waals surface area contributed by atoms with Crippen LogP contribution in [-0.2, 0) is 11.3 Å². The van der Waals surface area contributed by atoms with Crippen LogP contribution in [0.2, 0.25) is 0 Å². The average Bonchev–Trinajstić information content (AvgIpc) is 3.20. The molecule has 0 aliphatic rings. The number of aromatic nitrogens is 2. The van der Waals surface area contributed by atoms with Crippen molar-refractivity contribution in [3.63, 3.8) is 0 Å². The van der Waals surface area contributed by atoms with Gasteiger partial charge in [0.15, 0.2) is 0 Å². The Balaban J connectivity index is 1.41. The second-order valence-electron chi connectivity index (χ2n) is 5.95. The number of carbonyl (C=O) groups is 1. The molecule has 0 atom stereocenters. The Morgan fingerprint density at radius 1 is 1.00 bits per heavy atom. The van der Waals surface area contributed by atoms with E-state index in [1.165, 1.54) is 22.2 Å². The maximum absolute atomic E-state index is 12.3. The zero-order valence-corrected chi connectivity index (χ0v) is 15.5. The van der Waals surface area contributed by atoms with Crippen LogP contribution in [-0.4, -0.2) is 15.5 Å². The van der Waals surface area contributed by atoms with Gasteiger partial charge in [-0.05, 0) is 47.8 Å². The molecule has 4 rings (SSSR count). The van der Waals surface area contributed by atoms with Crippen LogP contribution in [0.5, 0.6) is 0 Å². The van der Waals surface area contributed by atoms with E-state index >= 15 is 0 Å². The molecule has 2 aromatic heterocycles. The molecule has 0 unspecified atom stereocenters. The molecule has 7 nitrogen and oxygen atoms in total. The zero-order chi connectivity index (χ0) is 19.3. The van der Waals surface area contributed by atoms with Gasteiger partial charge in [-0.25, -0.2) is 4.98 Å². The number of hydrogen-bond donors (Lipinski definition) is 1. The number of rotatable bonds is 5. The lowest BCUT2D eigenvalue weighted by Gasteiger charge is -2.07. The fourth-order valence-corrected chi connectivity index (χ4v) is 3.31. The third kappa shape index (κ3) is 4.02. The van der Waals surface area contributed by atoms with Gasteiger partial charge in [-0.15, -0.1) is 11.3 Å². The number of anilines is 1. The number of carbonyl (C=O) groups excluding carboxylic acids is 1. The van der Waals surface area contributed by atoms with Gasteiger partial charge in [-0.2, -0.15) is 10.2 Å². The summed E-state index contributed by atoms with van der Waals surface area (Å²) in [6.45, 7) is -0.104. The summed E-state index contributed by atoms with van der Waals surface area (Å²) in [4.78, 5) is 29.5. The lowest BCUT2D eigenvalue weighted by Crippen LogP contribution is -2.27.